The zero-order valence-corrected chi connectivity index (χ0v) is 11.6. The number of nitrogens with two attached hydrogens (primary N) is 1. The van der Waals surface area contributed by atoms with Crippen molar-refractivity contribution in [3.05, 3.63) is 29.8 Å². The largest absolute Gasteiger partial charge is 0.399 e. The first kappa shape index (κ1) is 15.0. The lowest BCUT2D eigenvalue weighted by atomic mass is 10.1. The van der Waals surface area contributed by atoms with Crippen LogP contribution in [0, 0.1) is 0 Å². The van der Waals surface area contributed by atoms with Crippen LogP contribution in [0.1, 0.15) is 44.8 Å². The van der Waals surface area contributed by atoms with E-state index in [4.69, 9.17) is 5.73 Å². The Morgan fingerprint density at radius 3 is 2.39 bits per heavy atom. The molecular formula is C15H26N2O. The van der Waals surface area contributed by atoms with Gasteiger partial charge in [-0.15, -0.1) is 0 Å². The van der Waals surface area contributed by atoms with Gasteiger partial charge in [-0.3, -0.25) is 0 Å². The zero-order valence-electron chi connectivity index (χ0n) is 11.6. The van der Waals surface area contributed by atoms with Crippen molar-refractivity contribution >= 4 is 5.69 Å². The fraction of sp³-hybridized carbons (Fsp3) is 0.600. The summed E-state index contributed by atoms with van der Waals surface area (Å²) in [5.74, 6) is 0. The minimum atomic E-state index is -0.388. The Morgan fingerprint density at radius 1 is 1.17 bits per heavy atom. The first-order valence-corrected chi connectivity index (χ1v) is 6.93. The molecule has 0 saturated carbocycles. The number of nitrogen functional groups attached to an aromatic ring is 1. The maximum atomic E-state index is 10.1. The van der Waals surface area contributed by atoms with Crippen LogP contribution in [0.2, 0.25) is 0 Å². The van der Waals surface area contributed by atoms with Gasteiger partial charge in [-0.1, -0.05) is 32.4 Å². The van der Waals surface area contributed by atoms with E-state index in [1.54, 1.807) is 0 Å². The minimum absolute atomic E-state index is 0.388. The highest BCUT2D eigenvalue weighted by Crippen LogP contribution is 2.18. The van der Waals surface area contributed by atoms with E-state index in [0.29, 0.717) is 0 Å². The van der Waals surface area contributed by atoms with E-state index in [1.165, 1.54) is 12.8 Å². The maximum Gasteiger partial charge on any atom is 0.0802 e. The maximum absolute atomic E-state index is 10.1. The SMILES string of the molecule is CCCCN(CC)CCC(O)c1ccc(N)cc1. The predicted octanol–water partition coefficient (Wildman–Crippen LogP) is 2.81. The molecular weight excluding hydrogens is 224 g/mol. The summed E-state index contributed by atoms with van der Waals surface area (Å²) in [4.78, 5) is 2.39. The Labute approximate surface area is 111 Å². The Kier molecular flexibility index (Phi) is 6.76. The highest BCUT2D eigenvalue weighted by molar-refractivity contribution is 5.39. The van der Waals surface area contributed by atoms with Gasteiger partial charge in [0.2, 0.25) is 0 Å². The van der Waals surface area contributed by atoms with Crippen LogP contribution in [-0.2, 0) is 0 Å². The highest BCUT2D eigenvalue weighted by Gasteiger charge is 2.09. The van der Waals surface area contributed by atoms with E-state index in [1.807, 2.05) is 24.3 Å². The number of benzene rings is 1. The Morgan fingerprint density at radius 2 is 1.83 bits per heavy atom. The number of hydrogen-bond donors (Lipinski definition) is 2. The molecule has 1 aromatic carbocycles. The summed E-state index contributed by atoms with van der Waals surface area (Å²) in [5, 5.41) is 10.1. The number of unbranched alkanes of at least 4 members (excludes halogenated alkanes) is 1. The second kappa shape index (κ2) is 8.11. The van der Waals surface area contributed by atoms with E-state index in [-0.39, 0.29) is 6.10 Å². The molecule has 0 aliphatic rings. The normalized spacial score (nSPS) is 12.9. The molecule has 0 fully saturated rings. The number of nitrogens with zero attached hydrogens (tertiary/aromatic N) is 1. The van der Waals surface area contributed by atoms with Crippen LogP contribution in [0.4, 0.5) is 5.69 Å². The number of aliphatic hydroxyl groups is 1. The van der Waals surface area contributed by atoms with Crippen molar-refractivity contribution in [1.29, 1.82) is 0 Å². The van der Waals surface area contributed by atoms with Gasteiger partial charge in [0.05, 0.1) is 6.10 Å². The monoisotopic (exact) mass is 250 g/mol. The molecule has 18 heavy (non-hydrogen) atoms. The number of anilines is 1. The van der Waals surface area contributed by atoms with E-state index >= 15 is 0 Å². The fourth-order valence-electron chi connectivity index (χ4n) is 2.00. The van der Waals surface area contributed by atoms with Crippen LogP contribution >= 0.6 is 0 Å². The van der Waals surface area contributed by atoms with E-state index < -0.39 is 0 Å². The molecule has 102 valence electrons. The second-order valence-corrected chi connectivity index (χ2v) is 4.76. The van der Waals surface area contributed by atoms with Crippen LogP contribution in [0.5, 0.6) is 0 Å². The molecule has 0 amide bonds. The van der Waals surface area contributed by atoms with E-state index in [2.05, 4.69) is 18.7 Å². The van der Waals surface area contributed by atoms with Crippen molar-refractivity contribution in [3.63, 3.8) is 0 Å². The first-order chi connectivity index (χ1) is 8.67. The molecule has 3 nitrogen and oxygen atoms in total. The lowest BCUT2D eigenvalue weighted by molar-refractivity contribution is 0.143. The molecule has 1 atom stereocenters. The van der Waals surface area contributed by atoms with Crippen molar-refractivity contribution in [2.75, 3.05) is 25.4 Å². The van der Waals surface area contributed by atoms with E-state index in [0.717, 1.165) is 37.3 Å². The van der Waals surface area contributed by atoms with Gasteiger partial charge in [0.15, 0.2) is 0 Å². The summed E-state index contributed by atoms with van der Waals surface area (Å²) in [7, 11) is 0. The van der Waals surface area contributed by atoms with Gasteiger partial charge in [0.25, 0.3) is 0 Å². The smallest absolute Gasteiger partial charge is 0.0802 e. The minimum Gasteiger partial charge on any atom is -0.399 e. The topological polar surface area (TPSA) is 49.5 Å². The van der Waals surface area contributed by atoms with Crippen LogP contribution in [0.15, 0.2) is 24.3 Å². The lowest BCUT2D eigenvalue weighted by Gasteiger charge is -2.21. The molecule has 0 bridgehead atoms. The zero-order chi connectivity index (χ0) is 13.4. The summed E-state index contributed by atoms with van der Waals surface area (Å²) in [6, 6.07) is 7.49. The highest BCUT2D eigenvalue weighted by atomic mass is 16.3. The van der Waals surface area contributed by atoms with Gasteiger partial charge in [0, 0.05) is 12.2 Å². The molecule has 3 N–H and O–H groups in total. The molecule has 1 aromatic rings. The second-order valence-electron chi connectivity index (χ2n) is 4.76. The summed E-state index contributed by atoms with van der Waals surface area (Å²) < 4.78 is 0. The van der Waals surface area contributed by atoms with Crippen LogP contribution in [0.25, 0.3) is 0 Å². The van der Waals surface area contributed by atoms with Gasteiger partial charge in [-0.05, 0) is 43.6 Å². The molecule has 1 unspecified atom stereocenters. The van der Waals surface area contributed by atoms with Crippen molar-refractivity contribution < 1.29 is 5.11 Å². The average Bonchev–Trinajstić information content (AvgIpc) is 2.39. The molecule has 0 aliphatic heterocycles. The fourth-order valence-corrected chi connectivity index (χ4v) is 2.00. The number of rotatable bonds is 8. The molecule has 0 radical (unpaired) electrons. The summed E-state index contributed by atoms with van der Waals surface area (Å²) in [5.41, 5.74) is 7.33. The Hall–Kier alpha value is -1.06. The van der Waals surface area contributed by atoms with Gasteiger partial charge < -0.3 is 15.7 Å². The van der Waals surface area contributed by atoms with Gasteiger partial charge >= 0.3 is 0 Å². The van der Waals surface area contributed by atoms with Crippen molar-refractivity contribution in [3.8, 4) is 0 Å². The van der Waals surface area contributed by atoms with Crippen molar-refractivity contribution in [2.45, 2.75) is 39.2 Å². The van der Waals surface area contributed by atoms with Gasteiger partial charge in [0.1, 0.15) is 0 Å². The average molecular weight is 250 g/mol. The van der Waals surface area contributed by atoms with Gasteiger partial charge in [-0.2, -0.15) is 0 Å². The third kappa shape index (κ3) is 5.07. The molecule has 0 aromatic heterocycles. The summed E-state index contributed by atoms with van der Waals surface area (Å²) in [6.45, 7) is 7.50. The molecule has 0 aliphatic carbocycles. The molecule has 0 saturated heterocycles. The summed E-state index contributed by atoms with van der Waals surface area (Å²) in [6.07, 6.45) is 2.84. The third-order valence-corrected chi connectivity index (χ3v) is 3.32. The van der Waals surface area contributed by atoms with Crippen molar-refractivity contribution in [2.24, 2.45) is 0 Å². The molecule has 3 heteroatoms. The van der Waals surface area contributed by atoms with Gasteiger partial charge in [-0.25, -0.2) is 0 Å². The predicted molar refractivity (Wildman–Crippen MR) is 77.5 cm³/mol. The third-order valence-electron chi connectivity index (χ3n) is 3.32. The number of hydrogen-bond acceptors (Lipinski definition) is 3. The molecule has 0 heterocycles. The Bertz CT molecular complexity index is 324. The standard InChI is InChI=1S/C15H26N2O/c1-3-5-11-17(4-2)12-10-15(18)13-6-8-14(16)9-7-13/h6-9,15,18H,3-5,10-12,16H2,1-2H3. The number of aliphatic hydroxyl groups excluding tert-OH is 1. The van der Waals surface area contributed by atoms with Crippen molar-refractivity contribution in [1.82, 2.24) is 4.90 Å². The van der Waals surface area contributed by atoms with Crippen LogP contribution in [-0.4, -0.2) is 29.6 Å². The molecule has 1 rings (SSSR count). The Balaban J connectivity index is 2.39. The van der Waals surface area contributed by atoms with Crippen LogP contribution in [0.3, 0.4) is 0 Å². The molecule has 0 spiro atoms. The van der Waals surface area contributed by atoms with Crippen LogP contribution < -0.4 is 5.73 Å². The van der Waals surface area contributed by atoms with E-state index in [9.17, 15) is 5.11 Å². The summed E-state index contributed by atoms with van der Waals surface area (Å²) >= 11 is 0. The lowest BCUT2D eigenvalue weighted by Crippen LogP contribution is -2.26. The quantitative estimate of drug-likeness (QED) is 0.698. The first-order valence-electron chi connectivity index (χ1n) is 6.93.